The first kappa shape index (κ1) is 16.8. The maximum absolute atomic E-state index is 13.9. The number of hydrogen-bond donors (Lipinski definition) is 2. The second-order valence-electron chi connectivity index (χ2n) is 6.68. The zero-order valence-electron chi connectivity index (χ0n) is 13.4. The van der Waals surface area contributed by atoms with Gasteiger partial charge in [-0.25, -0.2) is 8.78 Å². The van der Waals surface area contributed by atoms with Crippen molar-refractivity contribution in [2.24, 2.45) is 11.7 Å². The molecule has 1 atom stereocenters. The van der Waals surface area contributed by atoms with E-state index < -0.39 is 17.6 Å². The van der Waals surface area contributed by atoms with Crippen LogP contribution in [0.3, 0.4) is 0 Å². The number of rotatable bonds is 4. The number of anilines is 1. The molecular weight excluding hydrogens is 316 g/mol. The van der Waals surface area contributed by atoms with Crippen LogP contribution in [-0.2, 0) is 9.59 Å². The van der Waals surface area contributed by atoms with Gasteiger partial charge in [-0.2, -0.15) is 0 Å². The number of amides is 2. The summed E-state index contributed by atoms with van der Waals surface area (Å²) in [5.41, 5.74) is 5.44. The van der Waals surface area contributed by atoms with Crippen molar-refractivity contribution in [3.05, 3.63) is 29.8 Å². The van der Waals surface area contributed by atoms with Crippen LogP contribution < -0.4 is 16.0 Å². The SMILES string of the molecule is NCC1(NC(=O)C2CC(=O)N(c3ccc(F)cc3F)C2)CCCC1. The van der Waals surface area contributed by atoms with E-state index in [0.29, 0.717) is 6.54 Å². The second-order valence-corrected chi connectivity index (χ2v) is 6.68. The average Bonchev–Trinajstić information content (AvgIpc) is 3.15. The minimum Gasteiger partial charge on any atom is -0.349 e. The van der Waals surface area contributed by atoms with Gasteiger partial charge in [-0.1, -0.05) is 12.8 Å². The van der Waals surface area contributed by atoms with E-state index in [1.165, 1.54) is 11.0 Å². The number of halogens is 2. The Morgan fingerprint density at radius 3 is 2.67 bits per heavy atom. The lowest BCUT2D eigenvalue weighted by atomic mass is 9.96. The molecule has 1 saturated carbocycles. The van der Waals surface area contributed by atoms with E-state index in [1.807, 2.05) is 0 Å². The van der Waals surface area contributed by atoms with Gasteiger partial charge in [0.05, 0.1) is 17.1 Å². The molecule has 1 aliphatic carbocycles. The normalized spacial score (nSPS) is 22.9. The van der Waals surface area contributed by atoms with Gasteiger partial charge in [-0.3, -0.25) is 9.59 Å². The lowest BCUT2D eigenvalue weighted by molar-refractivity contribution is -0.127. The summed E-state index contributed by atoms with van der Waals surface area (Å²) in [6.07, 6.45) is 3.74. The Bertz CT molecular complexity index is 659. The average molecular weight is 337 g/mol. The standard InChI is InChI=1S/C17H21F2N3O2/c18-12-3-4-14(13(19)8-12)22-9-11(7-15(22)23)16(24)21-17(10-20)5-1-2-6-17/h3-4,8,11H,1-2,5-7,9-10,20H2,(H,21,24). The summed E-state index contributed by atoms with van der Waals surface area (Å²) in [5.74, 6) is -2.62. The lowest BCUT2D eigenvalue weighted by Crippen LogP contribution is -2.53. The fourth-order valence-corrected chi connectivity index (χ4v) is 3.61. The fraction of sp³-hybridized carbons (Fsp3) is 0.529. The molecule has 1 aromatic rings. The first-order chi connectivity index (χ1) is 11.4. The number of benzene rings is 1. The molecule has 7 heteroatoms. The monoisotopic (exact) mass is 337 g/mol. The molecule has 3 rings (SSSR count). The number of nitrogens with zero attached hydrogens (tertiary/aromatic N) is 1. The van der Waals surface area contributed by atoms with E-state index >= 15 is 0 Å². The predicted molar refractivity (Wildman–Crippen MR) is 85.2 cm³/mol. The van der Waals surface area contributed by atoms with Crippen LogP contribution >= 0.6 is 0 Å². The van der Waals surface area contributed by atoms with E-state index in [-0.39, 0.29) is 36.0 Å². The van der Waals surface area contributed by atoms with Crippen molar-refractivity contribution in [1.29, 1.82) is 0 Å². The lowest BCUT2D eigenvalue weighted by Gasteiger charge is -2.30. The van der Waals surface area contributed by atoms with Gasteiger partial charge in [-0.05, 0) is 25.0 Å². The molecule has 2 fully saturated rings. The highest BCUT2D eigenvalue weighted by Crippen LogP contribution is 2.31. The largest absolute Gasteiger partial charge is 0.349 e. The first-order valence-electron chi connectivity index (χ1n) is 8.22. The van der Waals surface area contributed by atoms with Crippen LogP contribution in [0.4, 0.5) is 14.5 Å². The molecule has 2 aliphatic rings. The van der Waals surface area contributed by atoms with Crippen LogP contribution in [0.25, 0.3) is 0 Å². The van der Waals surface area contributed by atoms with E-state index in [1.54, 1.807) is 0 Å². The molecule has 0 spiro atoms. The van der Waals surface area contributed by atoms with Crippen LogP contribution in [-0.4, -0.2) is 30.4 Å². The molecule has 3 N–H and O–H groups in total. The quantitative estimate of drug-likeness (QED) is 0.878. The summed E-state index contributed by atoms with van der Waals surface area (Å²) >= 11 is 0. The molecule has 130 valence electrons. The van der Waals surface area contributed by atoms with Crippen molar-refractivity contribution in [2.45, 2.75) is 37.6 Å². The Kier molecular flexibility index (Phi) is 4.54. The van der Waals surface area contributed by atoms with Gasteiger partial charge in [-0.15, -0.1) is 0 Å². The molecule has 0 radical (unpaired) electrons. The third-order valence-electron chi connectivity index (χ3n) is 5.04. The van der Waals surface area contributed by atoms with Crippen molar-refractivity contribution in [1.82, 2.24) is 5.32 Å². The van der Waals surface area contributed by atoms with Gasteiger partial charge >= 0.3 is 0 Å². The van der Waals surface area contributed by atoms with E-state index in [4.69, 9.17) is 5.73 Å². The highest BCUT2D eigenvalue weighted by atomic mass is 19.1. The predicted octanol–water partition coefficient (Wildman–Crippen LogP) is 1.71. The van der Waals surface area contributed by atoms with E-state index in [0.717, 1.165) is 37.8 Å². The molecule has 1 saturated heterocycles. The fourth-order valence-electron chi connectivity index (χ4n) is 3.61. The Hall–Kier alpha value is -2.02. The molecule has 2 amide bonds. The topological polar surface area (TPSA) is 75.4 Å². The van der Waals surface area contributed by atoms with Gasteiger partial charge in [0, 0.05) is 25.6 Å². The molecule has 1 aromatic carbocycles. The smallest absolute Gasteiger partial charge is 0.227 e. The Morgan fingerprint density at radius 2 is 2.04 bits per heavy atom. The highest BCUT2D eigenvalue weighted by Gasteiger charge is 2.40. The van der Waals surface area contributed by atoms with Crippen molar-refractivity contribution in [2.75, 3.05) is 18.0 Å². The van der Waals surface area contributed by atoms with Crippen molar-refractivity contribution in [3.8, 4) is 0 Å². The Morgan fingerprint density at radius 1 is 1.33 bits per heavy atom. The van der Waals surface area contributed by atoms with E-state index in [9.17, 15) is 18.4 Å². The number of nitrogens with two attached hydrogens (primary N) is 1. The number of carbonyl (C=O) groups is 2. The number of hydrogen-bond acceptors (Lipinski definition) is 3. The van der Waals surface area contributed by atoms with Crippen molar-refractivity contribution < 1.29 is 18.4 Å². The molecule has 1 heterocycles. The molecule has 5 nitrogen and oxygen atoms in total. The molecule has 0 aromatic heterocycles. The zero-order chi connectivity index (χ0) is 17.3. The zero-order valence-corrected chi connectivity index (χ0v) is 13.4. The molecular formula is C17H21F2N3O2. The van der Waals surface area contributed by atoms with Crippen molar-refractivity contribution >= 4 is 17.5 Å². The Labute approximate surface area is 139 Å². The molecule has 0 bridgehead atoms. The third kappa shape index (κ3) is 3.13. The van der Waals surface area contributed by atoms with Crippen LogP contribution in [0.15, 0.2) is 18.2 Å². The Balaban J connectivity index is 1.71. The third-order valence-corrected chi connectivity index (χ3v) is 5.04. The van der Waals surface area contributed by atoms with Gasteiger partial charge in [0.25, 0.3) is 0 Å². The van der Waals surface area contributed by atoms with Crippen LogP contribution in [0.2, 0.25) is 0 Å². The molecule has 1 aliphatic heterocycles. The van der Waals surface area contributed by atoms with Gasteiger partial charge < -0.3 is 16.0 Å². The minimum atomic E-state index is -0.807. The molecule has 1 unspecified atom stereocenters. The maximum atomic E-state index is 13.9. The summed E-state index contributed by atoms with van der Waals surface area (Å²) in [6.45, 7) is 0.462. The maximum Gasteiger partial charge on any atom is 0.227 e. The van der Waals surface area contributed by atoms with Crippen LogP contribution in [0.5, 0.6) is 0 Å². The van der Waals surface area contributed by atoms with Crippen molar-refractivity contribution in [3.63, 3.8) is 0 Å². The van der Waals surface area contributed by atoms with Crippen LogP contribution in [0.1, 0.15) is 32.1 Å². The molecule has 24 heavy (non-hydrogen) atoms. The van der Waals surface area contributed by atoms with Crippen LogP contribution in [0, 0.1) is 17.6 Å². The van der Waals surface area contributed by atoms with Gasteiger partial charge in [0.1, 0.15) is 11.6 Å². The summed E-state index contributed by atoms with van der Waals surface area (Å²) in [5, 5.41) is 3.00. The number of nitrogens with one attached hydrogen (secondary N) is 1. The highest BCUT2D eigenvalue weighted by molar-refractivity contribution is 6.00. The second kappa shape index (κ2) is 6.47. The summed E-state index contributed by atoms with van der Waals surface area (Å²) < 4.78 is 26.9. The van der Waals surface area contributed by atoms with Gasteiger partial charge in [0.2, 0.25) is 11.8 Å². The van der Waals surface area contributed by atoms with E-state index in [2.05, 4.69) is 5.32 Å². The summed E-state index contributed by atoms with van der Waals surface area (Å²) in [6, 6.07) is 3.06. The summed E-state index contributed by atoms with van der Waals surface area (Å²) in [4.78, 5) is 25.9. The number of carbonyl (C=O) groups excluding carboxylic acids is 2. The van der Waals surface area contributed by atoms with Gasteiger partial charge in [0.15, 0.2) is 0 Å². The first-order valence-corrected chi connectivity index (χ1v) is 8.22. The minimum absolute atomic E-state index is 0.00565. The summed E-state index contributed by atoms with van der Waals surface area (Å²) in [7, 11) is 0.